The first kappa shape index (κ1) is 18.4. The number of carbonyl (C=O) groups is 2. The fourth-order valence-electron chi connectivity index (χ4n) is 3.42. The van der Waals surface area contributed by atoms with E-state index in [4.69, 9.17) is 9.47 Å². The number of amides is 1. The van der Waals surface area contributed by atoms with E-state index < -0.39 is 17.8 Å². The molecule has 138 valence electrons. The number of allylic oxidation sites excluding steroid dienone is 1. The van der Waals surface area contributed by atoms with Crippen LogP contribution in [0.15, 0.2) is 54.6 Å². The van der Waals surface area contributed by atoms with E-state index in [0.717, 1.165) is 5.56 Å². The van der Waals surface area contributed by atoms with Gasteiger partial charge in [-0.25, -0.2) is 4.79 Å². The molecule has 0 unspecified atom stereocenters. The normalized spacial score (nSPS) is 25.5. The minimum Gasteiger partial charge on any atom is -0.456 e. The Labute approximate surface area is 154 Å². The lowest BCUT2D eigenvalue weighted by Crippen LogP contribution is -2.47. The third-order valence-electron chi connectivity index (χ3n) is 4.49. The molecule has 2 aliphatic rings. The Bertz CT molecular complexity index is 732. The smallest absolute Gasteiger partial charge is 0.343 e. The van der Waals surface area contributed by atoms with Crippen molar-refractivity contribution in [1.82, 2.24) is 4.90 Å². The van der Waals surface area contributed by atoms with Gasteiger partial charge in [0.15, 0.2) is 0 Å². The lowest BCUT2D eigenvalue weighted by Gasteiger charge is -2.36. The van der Waals surface area contributed by atoms with Crippen LogP contribution in [0.5, 0.6) is 0 Å². The van der Waals surface area contributed by atoms with Crippen molar-refractivity contribution >= 4 is 11.9 Å². The molecule has 5 heteroatoms. The summed E-state index contributed by atoms with van der Waals surface area (Å²) in [5, 5.41) is 0. The van der Waals surface area contributed by atoms with Gasteiger partial charge in [-0.3, -0.25) is 4.79 Å². The van der Waals surface area contributed by atoms with Gasteiger partial charge in [0.25, 0.3) is 5.91 Å². The highest BCUT2D eigenvalue weighted by Gasteiger charge is 2.47. The maximum absolute atomic E-state index is 13.1. The predicted octanol–water partition coefficient (Wildman–Crippen LogP) is 3.39. The first-order chi connectivity index (χ1) is 12.3. The zero-order chi connectivity index (χ0) is 18.9. The van der Waals surface area contributed by atoms with E-state index in [1.807, 2.05) is 30.3 Å². The average Bonchev–Trinajstić information content (AvgIpc) is 3.02. The van der Waals surface area contributed by atoms with Crippen LogP contribution < -0.4 is 0 Å². The molecule has 0 saturated carbocycles. The Balaban J connectivity index is 1.95. The van der Waals surface area contributed by atoms with E-state index in [9.17, 15) is 9.59 Å². The van der Waals surface area contributed by atoms with Gasteiger partial charge in [0.05, 0.1) is 12.6 Å². The highest BCUT2D eigenvalue weighted by Crippen LogP contribution is 2.39. The monoisotopic (exact) mass is 355 g/mol. The zero-order valence-electron chi connectivity index (χ0n) is 15.5. The summed E-state index contributed by atoms with van der Waals surface area (Å²) in [4.78, 5) is 27.4. The van der Waals surface area contributed by atoms with Crippen molar-refractivity contribution in [3.05, 3.63) is 60.2 Å². The molecular formula is C21H25NO4. The molecule has 1 fully saturated rings. The van der Waals surface area contributed by atoms with Crippen LogP contribution in [0.25, 0.3) is 0 Å². The number of hydrogen-bond donors (Lipinski definition) is 0. The summed E-state index contributed by atoms with van der Waals surface area (Å²) in [6.07, 6.45) is 3.69. The van der Waals surface area contributed by atoms with E-state index in [1.54, 1.807) is 37.8 Å². The topological polar surface area (TPSA) is 55.8 Å². The van der Waals surface area contributed by atoms with E-state index in [0.29, 0.717) is 13.0 Å². The Morgan fingerprint density at radius 1 is 1.35 bits per heavy atom. The summed E-state index contributed by atoms with van der Waals surface area (Å²) in [5.74, 6) is -1.05. The number of ether oxygens (including phenoxy) is 2. The number of fused-ring (bicyclic) bond motifs is 1. The minimum absolute atomic E-state index is 0.0782. The van der Waals surface area contributed by atoms with Gasteiger partial charge in [0, 0.05) is 5.92 Å². The summed E-state index contributed by atoms with van der Waals surface area (Å²) < 4.78 is 11.4. The second kappa shape index (κ2) is 7.08. The van der Waals surface area contributed by atoms with E-state index in [-0.39, 0.29) is 23.4 Å². The number of nitrogens with zero attached hydrogens (tertiary/aromatic N) is 1. The van der Waals surface area contributed by atoms with Gasteiger partial charge in [-0.05, 0) is 32.8 Å². The van der Waals surface area contributed by atoms with Crippen LogP contribution >= 0.6 is 0 Å². The van der Waals surface area contributed by atoms with Crippen molar-refractivity contribution in [3.63, 3.8) is 0 Å². The molecule has 3 rings (SSSR count). The summed E-state index contributed by atoms with van der Waals surface area (Å²) in [6, 6.07) is 9.52. The highest BCUT2D eigenvalue weighted by atomic mass is 16.6. The summed E-state index contributed by atoms with van der Waals surface area (Å²) in [6.45, 7) is 9.56. The molecule has 1 aromatic rings. The van der Waals surface area contributed by atoms with Crippen molar-refractivity contribution < 1.29 is 19.1 Å². The third-order valence-corrected chi connectivity index (χ3v) is 4.49. The van der Waals surface area contributed by atoms with E-state index in [1.165, 1.54) is 0 Å². The fraction of sp³-hybridized carbons (Fsp3) is 0.429. The number of carbonyl (C=O) groups excluding carboxylic acids is 2. The Kier molecular flexibility index (Phi) is 5.01. The zero-order valence-corrected chi connectivity index (χ0v) is 15.5. The lowest BCUT2D eigenvalue weighted by atomic mass is 9.92. The van der Waals surface area contributed by atoms with Crippen LogP contribution in [-0.2, 0) is 19.1 Å². The molecule has 0 spiro atoms. The maximum atomic E-state index is 13.1. The van der Waals surface area contributed by atoms with Gasteiger partial charge in [0.2, 0.25) is 0 Å². The molecule has 1 amide bonds. The van der Waals surface area contributed by atoms with E-state index in [2.05, 4.69) is 6.58 Å². The molecule has 2 heterocycles. The van der Waals surface area contributed by atoms with E-state index >= 15 is 0 Å². The molecule has 1 saturated heterocycles. The van der Waals surface area contributed by atoms with Gasteiger partial charge in [-0.2, -0.15) is 0 Å². The van der Waals surface area contributed by atoms with Crippen LogP contribution in [0.2, 0.25) is 0 Å². The highest BCUT2D eigenvalue weighted by molar-refractivity contribution is 6.17. The van der Waals surface area contributed by atoms with Gasteiger partial charge in [0.1, 0.15) is 17.4 Å². The van der Waals surface area contributed by atoms with Crippen molar-refractivity contribution in [3.8, 4) is 0 Å². The SMILES string of the molecule is C=CC[C@H]1C=C(C(=O)OC(C)(C)C)C(=O)N2[C@@H]1OC[C@H]2c1ccccc1. The molecular weight excluding hydrogens is 330 g/mol. The lowest BCUT2D eigenvalue weighted by molar-refractivity contribution is -0.154. The molecule has 26 heavy (non-hydrogen) atoms. The summed E-state index contributed by atoms with van der Waals surface area (Å²) >= 11 is 0. The minimum atomic E-state index is -0.663. The third kappa shape index (κ3) is 3.58. The van der Waals surface area contributed by atoms with Gasteiger partial charge in [-0.1, -0.05) is 42.5 Å². The van der Waals surface area contributed by atoms with Crippen LogP contribution in [0.4, 0.5) is 0 Å². The second-order valence-electron chi connectivity index (χ2n) is 7.63. The fourth-order valence-corrected chi connectivity index (χ4v) is 3.42. The van der Waals surface area contributed by atoms with Crippen LogP contribution in [0.3, 0.4) is 0 Å². The molecule has 0 aliphatic carbocycles. The number of rotatable bonds is 4. The second-order valence-corrected chi connectivity index (χ2v) is 7.63. The van der Waals surface area contributed by atoms with Crippen molar-refractivity contribution in [1.29, 1.82) is 0 Å². The van der Waals surface area contributed by atoms with Gasteiger partial charge < -0.3 is 14.4 Å². The van der Waals surface area contributed by atoms with Gasteiger partial charge in [-0.15, -0.1) is 6.58 Å². The first-order valence-electron chi connectivity index (χ1n) is 8.87. The molecule has 0 aromatic heterocycles. The number of benzene rings is 1. The Hall–Kier alpha value is -2.40. The summed E-state index contributed by atoms with van der Waals surface area (Å²) in [5.41, 5.74) is 0.407. The number of esters is 1. The van der Waals surface area contributed by atoms with Crippen LogP contribution in [0, 0.1) is 5.92 Å². The molecule has 5 nitrogen and oxygen atoms in total. The quantitative estimate of drug-likeness (QED) is 0.472. The molecule has 0 N–H and O–H groups in total. The first-order valence-corrected chi connectivity index (χ1v) is 8.87. The largest absolute Gasteiger partial charge is 0.456 e. The Morgan fingerprint density at radius 2 is 2.04 bits per heavy atom. The summed E-state index contributed by atoms with van der Waals surface area (Å²) in [7, 11) is 0. The van der Waals surface area contributed by atoms with Crippen molar-refractivity contribution in [2.24, 2.45) is 5.92 Å². The average molecular weight is 355 g/mol. The van der Waals surface area contributed by atoms with Crippen LogP contribution in [-0.4, -0.2) is 35.2 Å². The molecule has 3 atom stereocenters. The number of hydrogen-bond acceptors (Lipinski definition) is 4. The van der Waals surface area contributed by atoms with Crippen molar-refractivity contribution in [2.75, 3.05) is 6.61 Å². The molecule has 1 aromatic carbocycles. The molecule has 2 aliphatic heterocycles. The van der Waals surface area contributed by atoms with Gasteiger partial charge >= 0.3 is 5.97 Å². The predicted molar refractivity (Wildman–Crippen MR) is 98.0 cm³/mol. The standard InChI is InChI=1S/C21H25NO4/c1-5-9-15-12-16(20(24)26-21(2,3)4)18(23)22-17(13-25-19(15)22)14-10-7-6-8-11-14/h5-8,10-12,15,17,19H,1,9,13H2,2-4H3/t15-,17-,19+/m0/s1. The maximum Gasteiger partial charge on any atom is 0.343 e. The molecule has 0 bridgehead atoms. The van der Waals surface area contributed by atoms with Crippen LogP contribution in [0.1, 0.15) is 38.8 Å². The molecule has 0 radical (unpaired) electrons. The van der Waals surface area contributed by atoms with Crippen molar-refractivity contribution in [2.45, 2.75) is 45.1 Å². The Morgan fingerprint density at radius 3 is 2.65 bits per heavy atom.